The number of amides is 1. The summed E-state index contributed by atoms with van der Waals surface area (Å²) in [6.45, 7) is 1.52. The number of hydrogen-bond donors (Lipinski definition) is 0. The first kappa shape index (κ1) is 20.6. The molecule has 0 atom stereocenters. The largest absolute Gasteiger partial charge is 0.340 e. The summed E-state index contributed by atoms with van der Waals surface area (Å²) in [5, 5.41) is 0.584. The molecule has 1 aliphatic carbocycles. The zero-order valence-electron chi connectivity index (χ0n) is 15.8. The third-order valence-electron chi connectivity index (χ3n) is 5.67. The summed E-state index contributed by atoms with van der Waals surface area (Å²) in [5.74, 6) is -0.0132. The van der Waals surface area contributed by atoms with Crippen LogP contribution in [0, 0.1) is 0 Å². The number of nitrogens with zero attached hydrogens (tertiary/aromatic N) is 3. The second kappa shape index (κ2) is 8.90. The molecule has 27 heavy (non-hydrogen) atoms. The fraction of sp³-hybridized carbons (Fsp3) is 0.632. The van der Waals surface area contributed by atoms with Gasteiger partial charge in [0.1, 0.15) is 0 Å². The highest BCUT2D eigenvalue weighted by Crippen LogP contribution is 2.25. The lowest BCUT2D eigenvalue weighted by Crippen LogP contribution is -2.55. The van der Waals surface area contributed by atoms with Gasteiger partial charge in [0.05, 0.1) is 6.42 Å². The normalized spacial score (nSPS) is 20.2. The Kier molecular flexibility index (Phi) is 6.78. The van der Waals surface area contributed by atoms with Gasteiger partial charge in [0, 0.05) is 44.3 Å². The van der Waals surface area contributed by atoms with E-state index in [9.17, 15) is 13.2 Å². The van der Waals surface area contributed by atoms with Gasteiger partial charge in [-0.1, -0.05) is 49.1 Å². The van der Waals surface area contributed by atoms with E-state index in [2.05, 4.69) is 0 Å². The van der Waals surface area contributed by atoms with Crippen LogP contribution in [0.5, 0.6) is 0 Å². The fourth-order valence-corrected chi connectivity index (χ4v) is 5.68. The monoisotopic (exact) mass is 413 g/mol. The molecule has 0 bridgehead atoms. The lowest BCUT2D eigenvalue weighted by Gasteiger charge is -2.38. The highest BCUT2D eigenvalue weighted by Gasteiger charge is 2.35. The zero-order valence-corrected chi connectivity index (χ0v) is 17.4. The molecule has 6 nitrogen and oxygen atoms in total. The van der Waals surface area contributed by atoms with Gasteiger partial charge < -0.3 is 4.90 Å². The Morgan fingerprint density at radius 3 is 2.37 bits per heavy atom. The van der Waals surface area contributed by atoms with Gasteiger partial charge in [0.25, 0.3) is 10.2 Å². The molecule has 1 amide bonds. The lowest BCUT2D eigenvalue weighted by molar-refractivity contribution is -0.131. The quantitative estimate of drug-likeness (QED) is 0.745. The first-order valence-corrected chi connectivity index (χ1v) is 11.4. The number of piperazine rings is 1. The molecule has 0 aromatic heterocycles. The summed E-state index contributed by atoms with van der Waals surface area (Å²) in [6, 6.07) is 7.42. The summed E-state index contributed by atoms with van der Waals surface area (Å²) in [5.41, 5.74) is 0.802. The molecule has 0 N–H and O–H groups in total. The summed E-state index contributed by atoms with van der Waals surface area (Å²) in [6.07, 6.45) is 5.49. The number of benzene rings is 1. The minimum absolute atomic E-state index is 0.0132. The van der Waals surface area contributed by atoms with Crippen LogP contribution in [0.1, 0.15) is 37.7 Å². The average Bonchev–Trinajstić information content (AvgIpc) is 2.70. The van der Waals surface area contributed by atoms with Crippen LogP contribution in [0.4, 0.5) is 0 Å². The van der Waals surface area contributed by atoms with Crippen molar-refractivity contribution in [2.75, 3.05) is 33.2 Å². The van der Waals surface area contributed by atoms with Crippen LogP contribution in [-0.2, 0) is 21.4 Å². The molecule has 0 spiro atoms. The van der Waals surface area contributed by atoms with E-state index in [0.717, 1.165) is 31.2 Å². The van der Waals surface area contributed by atoms with Gasteiger partial charge in [0.2, 0.25) is 5.91 Å². The van der Waals surface area contributed by atoms with Crippen molar-refractivity contribution in [3.63, 3.8) is 0 Å². The third kappa shape index (κ3) is 4.83. The second-order valence-corrected chi connectivity index (χ2v) is 9.76. The predicted octanol–water partition coefficient (Wildman–Crippen LogP) is 2.54. The SMILES string of the molecule is CN(C1CCCCC1)S(=O)(=O)N1CCN(C(=O)Cc2ccccc2Cl)CC1. The van der Waals surface area contributed by atoms with E-state index in [0.29, 0.717) is 31.2 Å². The van der Waals surface area contributed by atoms with Gasteiger partial charge in [0.15, 0.2) is 0 Å². The van der Waals surface area contributed by atoms with Gasteiger partial charge in [-0.05, 0) is 24.5 Å². The number of halogens is 1. The van der Waals surface area contributed by atoms with Crippen molar-refractivity contribution in [2.45, 2.75) is 44.6 Å². The van der Waals surface area contributed by atoms with Crippen LogP contribution in [0.2, 0.25) is 5.02 Å². The van der Waals surface area contributed by atoms with Crippen LogP contribution in [0.25, 0.3) is 0 Å². The second-order valence-electron chi connectivity index (χ2n) is 7.36. The maximum Gasteiger partial charge on any atom is 0.282 e. The molecule has 3 rings (SSSR count). The van der Waals surface area contributed by atoms with E-state index < -0.39 is 10.2 Å². The van der Waals surface area contributed by atoms with Crippen molar-refractivity contribution in [1.29, 1.82) is 0 Å². The number of hydrogen-bond acceptors (Lipinski definition) is 3. The summed E-state index contributed by atoms with van der Waals surface area (Å²) < 4.78 is 28.9. The Bertz CT molecular complexity index is 757. The Labute approximate surface area is 167 Å². The molecule has 1 heterocycles. The fourth-order valence-electron chi connectivity index (χ4n) is 3.90. The molecule has 0 radical (unpaired) electrons. The summed E-state index contributed by atoms with van der Waals surface area (Å²) in [4.78, 5) is 14.3. The van der Waals surface area contributed by atoms with Gasteiger partial charge in [-0.2, -0.15) is 17.0 Å². The van der Waals surface area contributed by atoms with Crippen LogP contribution in [-0.4, -0.2) is 67.1 Å². The average molecular weight is 414 g/mol. The smallest absolute Gasteiger partial charge is 0.282 e. The maximum absolute atomic E-state index is 12.9. The van der Waals surface area contributed by atoms with Gasteiger partial charge in [-0.3, -0.25) is 4.79 Å². The topological polar surface area (TPSA) is 60.9 Å². The molecule has 1 saturated heterocycles. The van der Waals surface area contributed by atoms with E-state index in [1.165, 1.54) is 10.7 Å². The van der Waals surface area contributed by atoms with Gasteiger partial charge in [-0.15, -0.1) is 0 Å². The first-order valence-electron chi connectivity index (χ1n) is 9.64. The van der Waals surface area contributed by atoms with E-state index in [4.69, 9.17) is 11.6 Å². The first-order chi connectivity index (χ1) is 12.9. The Hall–Kier alpha value is -1.15. The molecule has 0 unspecified atom stereocenters. The van der Waals surface area contributed by atoms with E-state index >= 15 is 0 Å². The minimum Gasteiger partial charge on any atom is -0.340 e. The zero-order chi connectivity index (χ0) is 19.4. The maximum atomic E-state index is 12.9. The summed E-state index contributed by atoms with van der Waals surface area (Å²) >= 11 is 6.14. The van der Waals surface area contributed by atoms with Crippen LogP contribution >= 0.6 is 11.6 Å². The Morgan fingerprint density at radius 2 is 1.74 bits per heavy atom. The molecule has 2 fully saturated rings. The molecule has 1 aromatic rings. The van der Waals surface area contributed by atoms with E-state index in [1.54, 1.807) is 22.3 Å². The lowest BCUT2D eigenvalue weighted by atomic mass is 9.96. The molecule has 8 heteroatoms. The highest BCUT2D eigenvalue weighted by molar-refractivity contribution is 7.86. The molecule has 2 aliphatic rings. The standard InChI is InChI=1S/C19H28ClN3O3S/c1-21(17-8-3-2-4-9-17)27(25,26)23-13-11-22(12-14-23)19(24)15-16-7-5-6-10-18(16)20/h5-7,10,17H,2-4,8-9,11-15H2,1H3. The third-order valence-corrected chi connectivity index (χ3v) is 8.08. The van der Waals surface area contributed by atoms with Gasteiger partial charge >= 0.3 is 0 Å². The molecule has 150 valence electrons. The van der Waals surface area contributed by atoms with Crippen molar-refractivity contribution in [1.82, 2.24) is 13.5 Å². The number of carbonyl (C=O) groups excluding carboxylic acids is 1. The Balaban J connectivity index is 1.56. The van der Waals surface area contributed by atoms with Gasteiger partial charge in [-0.25, -0.2) is 0 Å². The Morgan fingerprint density at radius 1 is 1.11 bits per heavy atom. The van der Waals surface area contributed by atoms with Crippen molar-refractivity contribution in [2.24, 2.45) is 0 Å². The van der Waals surface area contributed by atoms with Crippen molar-refractivity contribution in [3.05, 3.63) is 34.9 Å². The molecule has 1 aliphatic heterocycles. The highest BCUT2D eigenvalue weighted by atomic mass is 35.5. The molecular formula is C19H28ClN3O3S. The number of carbonyl (C=O) groups is 1. The van der Waals surface area contributed by atoms with Crippen molar-refractivity contribution in [3.8, 4) is 0 Å². The van der Waals surface area contributed by atoms with Crippen molar-refractivity contribution >= 4 is 27.7 Å². The molecule has 1 aromatic carbocycles. The van der Waals surface area contributed by atoms with Crippen LogP contribution in [0.3, 0.4) is 0 Å². The van der Waals surface area contributed by atoms with Crippen molar-refractivity contribution < 1.29 is 13.2 Å². The van der Waals surface area contributed by atoms with E-state index in [-0.39, 0.29) is 18.4 Å². The minimum atomic E-state index is -3.47. The number of rotatable bonds is 5. The molecular weight excluding hydrogens is 386 g/mol. The predicted molar refractivity (Wildman–Crippen MR) is 107 cm³/mol. The molecule has 1 saturated carbocycles. The summed E-state index contributed by atoms with van der Waals surface area (Å²) in [7, 11) is -1.77. The van der Waals surface area contributed by atoms with Crippen LogP contribution < -0.4 is 0 Å². The van der Waals surface area contributed by atoms with Crippen LogP contribution in [0.15, 0.2) is 24.3 Å². The van der Waals surface area contributed by atoms with E-state index in [1.807, 2.05) is 18.2 Å².